The molecule has 0 spiro atoms. The third-order valence-corrected chi connectivity index (χ3v) is 5.43. The average molecular weight is 338 g/mol. The Balaban J connectivity index is 1.73. The molecule has 2 aromatic rings. The summed E-state index contributed by atoms with van der Waals surface area (Å²) in [6, 6.07) is 2.15. The van der Waals surface area contributed by atoms with E-state index in [1.807, 2.05) is 19.9 Å². The predicted molar refractivity (Wildman–Crippen MR) is 80.4 cm³/mol. The summed E-state index contributed by atoms with van der Waals surface area (Å²) in [5.41, 5.74) is 1.63. The van der Waals surface area contributed by atoms with Crippen LogP contribution in [0.4, 0.5) is 0 Å². The lowest BCUT2D eigenvalue weighted by atomic mass is 10.1. The standard InChI is InChI=1S/C14H18N4O4S/c1-10-6-11(2)17-14(16-10)22-12-4-3-5-18(8-12)23(19,20)13-7-15-21-9-13/h6-7,9,12H,3-5,8H2,1-2H3. The fourth-order valence-corrected chi connectivity index (χ4v) is 3.96. The van der Waals surface area contributed by atoms with Crippen molar-refractivity contribution in [2.75, 3.05) is 13.1 Å². The van der Waals surface area contributed by atoms with Gasteiger partial charge in [-0.1, -0.05) is 5.16 Å². The van der Waals surface area contributed by atoms with E-state index in [4.69, 9.17) is 4.74 Å². The van der Waals surface area contributed by atoms with Crippen molar-refractivity contribution >= 4 is 10.0 Å². The van der Waals surface area contributed by atoms with Gasteiger partial charge in [-0.15, -0.1) is 0 Å². The Morgan fingerprint density at radius 3 is 2.70 bits per heavy atom. The summed E-state index contributed by atoms with van der Waals surface area (Å²) in [6.07, 6.45) is 3.52. The molecular weight excluding hydrogens is 320 g/mol. The van der Waals surface area contributed by atoms with Crippen LogP contribution < -0.4 is 4.74 Å². The maximum Gasteiger partial charge on any atom is 0.317 e. The van der Waals surface area contributed by atoms with Crippen molar-refractivity contribution in [3.8, 4) is 6.01 Å². The van der Waals surface area contributed by atoms with Gasteiger partial charge in [0.15, 0.2) is 0 Å². The van der Waals surface area contributed by atoms with Gasteiger partial charge < -0.3 is 9.26 Å². The molecule has 3 rings (SSSR count). The van der Waals surface area contributed by atoms with Crippen molar-refractivity contribution in [2.45, 2.75) is 37.7 Å². The Labute approximate surface area is 134 Å². The first-order valence-corrected chi connectivity index (χ1v) is 8.77. The van der Waals surface area contributed by atoms with Crippen molar-refractivity contribution in [2.24, 2.45) is 0 Å². The number of hydrogen-bond acceptors (Lipinski definition) is 7. The highest BCUT2D eigenvalue weighted by molar-refractivity contribution is 7.89. The van der Waals surface area contributed by atoms with E-state index in [2.05, 4.69) is 19.6 Å². The van der Waals surface area contributed by atoms with Gasteiger partial charge in [-0.05, 0) is 32.8 Å². The topological polar surface area (TPSA) is 98.4 Å². The number of rotatable bonds is 4. The van der Waals surface area contributed by atoms with Gasteiger partial charge in [-0.3, -0.25) is 0 Å². The van der Waals surface area contributed by atoms with Crippen LogP contribution in [0, 0.1) is 13.8 Å². The molecule has 0 aromatic carbocycles. The van der Waals surface area contributed by atoms with Crippen LogP contribution in [0.1, 0.15) is 24.2 Å². The summed E-state index contributed by atoms with van der Waals surface area (Å²) in [5, 5.41) is 3.46. The van der Waals surface area contributed by atoms with Crippen molar-refractivity contribution in [3.63, 3.8) is 0 Å². The quantitative estimate of drug-likeness (QED) is 0.829. The van der Waals surface area contributed by atoms with Gasteiger partial charge in [0.05, 0.1) is 12.7 Å². The second kappa shape index (κ2) is 6.25. The number of hydrogen-bond donors (Lipinski definition) is 0. The molecule has 1 aliphatic heterocycles. The van der Waals surface area contributed by atoms with Crippen molar-refractivity contribution < 1.29 is 17.7 Å². The molecule has 1 fully saturated rings. The lowest BCUT2D eigenvalue weighted by Gasteiger charge is -2.31. The molecule has 124 valence electrons. The number of sulfonamides is 1. The molecule has 0 radical (unpaired) electrons. The lowest BCUT2D eigenvalue weighted by molar-refractivity contribution is 0.118. The summed E-state index contributed by atoms with van der Waals surface area (Å²) in [6.45, 7) is 4.43. The van der Waals surface area contributed by atoms with Gasteiger partial charge >= 0.3 is 6.01 Å². The molecule has 0 bridgehead atoms. The van der Waals surface area contributed by atoms with Crippen LogP contribution in [-0.2, 0) is 10.0 Å². The van der Waals surface area contributed by atoms with E-state index in [1.54, 1.807) is 0 Å². The zero-order valence-electron chi connectivity index (χ0n) is 13.0. The molecule has 9 heteroatoms. The van der Waals surface area contributed by atoms with Crippen LogP contribution in [0.5, 0.6) is 6.01 Å². The zero-order chi connectivity index (χ0) is 16.4. The minimum atomic E-state index is -3.60. The molecule has 0 saturated carbocycles. The maximum atomic E-state index is 12.5. The third kappa shape index (κ3) is 3.50. The smallest absolute Gasteiger partial charge is 0.317 e. The SMILES string of the molecule is Cc1cc(C)nc(OC2CCCN(S(=O)(=O)c3cnoc3)C2)n1. The highest BCUT2D eigenvalue weighted by atomic mass is 32.2. The van der Waals surface area contributed by atoms with Crippen LogP contribution in [-0.4, -0.2) is 47.0 Å². The van der Waals surface area contributed by atoms with Gasteiger partial charge in [0.2, 0.25) is 10.0 Å². The molecule has 8 nitrogen and oxygen atoms in total. The normalized spacial score (nSPS) is 19.7. The third-order valence-electron chi connectivity index (χ3n) is 3.62. The van der Waals surface area contributed by atoms with Crippen LogP contribution in [0.25, 0.3) is 0 Å². The molecule has 0 aliphatic carbocycles. The molecule has 3 heterocycles. The highest BCUT2D eigenvalue weighted by Crippen LogP contribution is 2.22. The summed E-state index contributed by atoms with van der Waals surface area (Å²) >= 11 is 0. The van der Waals surface area contributed by atoms with Crippen LogP contribution in [0.3, 0.4) is 0 Å². The van der Waals surface area contributed by atoms with E-state index in [9.17, 15) is 8.42 Å². The second-order valence-electron chi connectivity index (χ2n) is 5.54. The summed E-state index contributed by atoms with van der Waals surface area (Å²) in [5.74, 6) is 0. The van der Waals surface area contributed by atoms with E-state index >= 15 is 0 Å². The Bertz CT molecular complexity index is 756. The fourth-order valence-electron chi connectivity index (χ4n) is 2.59. The van der Waals surface area contributed by atoms with Crippen LogP contribution >= 0.6 is 0 Å². The van der Waals surface area contributed by atoms with E-state index in [0.29, 0.717) is 13.0 Å². The van der Waals surface area contributed by atoms with E-state index in [0.717, 1.165) is 24.1 Å². The second-order valence-corrected chi connectivity index (χ2v) is 7.48. The number of ether oxygens (including phenoxy) is 1. The van der Waals surface area contributed by atoms with Gasteiger partial charge in [0.1, 0.15) is 17.3 Å². The number of aromatic nitrogens is 3. The minimum Gasteiger partial charge on any atom is -0.459 e. The monoisotopic (exact) mass is 338 g/mol. The van der Waals surface area contributed by atoms with E-state index < -0.39 is 10.0 Å². The fraction of sp³-hybridized carbons (Fsp3) is 0.500. The molecule has 1 atom stereocenters. The highest BCUT2D eigenvalue weighted by Gasteiger charge is 2.32. The molecule has 1 saturated heterocycles. The average Bonchev–Trinajstić information content (AvgIpc) is 3.01. The first-order valence-electron chi connectivity index (χ1n) is 7.33. The number of aryl methyl sites for hydroxylation is 2. The first-order chi connectivity index (χ1) is 10.9. The maximum absolute atomic E-state index is 12.5. The van der Waals surface area contributed by atoms with E-state index in [1.165, 1.54) is 10.5 Å². The summed E-state index contributed by atoms with van der Waals surface area (Å²) in [4.78, 5) is 8.53. The molecule has 0 amide bonds. The summed E-state index contributed by atoms with van der Waals surface area (Å²) in [7, 11) is -3.60. The number of piperidine rings is 1. The Hall–Kier alpha value is -2.00. The molecule has 2 aromatic heterocycles. The van der Waals surface area contributed by atoms with Crippen LogP contribution in [0.2, 0.25) is 0 Å². The molecule has 1 unspecified atom stereocenters. The van der Waals surface area contributed by atoms with Crippen molar-refractivity contribution in [3.05, 3.63) is 29.9 Å². The minimum absolute atomic E-state index is 0.0563. The zero-order valence-corrected chi connectivity index (χ0v) is 13.8. The van der Waals surface area contributed by atoms with Gasteiger partial charge in [0, 0.05) is 17.9 Å². The van der Waals surface area contributed by atoms with Crippen molar-refractivity contribution in [1.82, 2.24) is 19.4 Å². The molecule has 1 aliphatic rings. The van der Waals surface area contributed by atoms with Crippen molar-refractivity contribution in [1.29, 1.82) is 0 Å². The number of nitrogens with zero attached hydrogens (tertiary/aromatic N) is 4. The Morgan fingerprint density at radius 1 is 1.30 bits per heavy atom. The molecular formula is C14H18N4O4S. The molecule has 23 heavy (non-hydrogen) atoms. The van der Waals surface area contributed by atoms with Gasteiger partial charge in [-0.25, -0.2) is 18.4 Å². The Morgan fingerprint density at radius 2 is 2.04 bits per heavy atom. The largest absolute Gasteiger partial charge is 0.459 e. The summed E-state index contributed by atoms with van der Waals surface area (Å²) < 4.78 is 36.8. The first kappa shape index (κ1) is 15.9. The Kier molecular flexibility index (Phi) is 4.31. The lowest BCUT2D eigenvalue weighted by Crippen LogP contribution is -2.44. The van der Waals surface area contributed by atoms with Crippen LogP contribution in [0.15, 0.2) is 27.9 Å². The van der Waals surface area contributed by atoms with Gasteiger partial charge in [-0.2, -0.15) is 4.31 Å². The predicted octanol–water partition coefficient (Wildman–Crippen LogP) is 1.31. The van der Waals surface area contributed by atoms with E-state index in [-0.39, 0.29) is 23.6 Å². The van der Waals surface area contributed by atoms with Gasteiger partial charge in [0.25, 0.3) is 0 Å². The molecule has 0 N–H and O–H groups in total.